The summed E-state index contributed by atoms with van der Waals surface area (Å²) in [7, 11) is 0. The fourth-order valence-electron chi connectivity index (χ4n) is 1.82. The molecular weight excluding hydrogens is 356 g/mol. The number of benzene rings is 1. The van der Waals surface area contributed by atoms with E-state index in [-0.39, 0.29) is 18.3 Å². The topological polar surface area (TPSA) is 93.7 Å². The van der Waals surface area contributed by atoms with Crippen molar-refractivity contribution < 1.29 is 23.9 Å². The summed E-state index contributed by atoms with van der Waals surface area (Å²) in [6, 6.07) is 8.81. The normalized spacial score (nSPS) is 12.0. The molecule has 0 aliphatic rings. The Morgan fingerprint density at radius 3 is 2.35 bits per heavy atom. The van der Waals surface area contributed by atoms with Gasteiger partial charge in [-0.3, -0.25) is 4.79 Å². The molecule has 1 atom stereocenters. The molecule has 0 saturated heterocycles. The van der Waals surface area contributed by atoms with Crippen molar-refractivity contribution in [3.8, 4) is 0 Å². The largest absolute Gasteiger partial charge is 0.445 e. The maximum atomic E-state index is 12.0. The predicted molar refractivity (Wildman–Crippen MR) is 101 cm³/mol. The third-order valence-electron chi connectivity index (χ3n) is 2.91. The lowest BCUT2D eigenvalue weighted by Crippen LogP contribution is -2.46. The molecule has 1 unspecified atom stereocenters. The van der Waals surface area contributed by atoms with E-state index in [4.69, 9.17) is 9.47 Å². The van der Waals surface area contributed by atoms with Gasteiger partial charge in [-0.15, -0.1) is 0 Å². The van der Waals surface area contributed by atoms with Crippen molar-refractivity contribution in [2.24, 2.45) is 0 Å². The molecule has 0 aromatic heterocycles. The van der Waals surface area contributed by atoms with Crippen LogP contribution in [0.15, 0.2) is 30.3 Å². The zero-order valence-corrected chi connectivity index (χ0v) is 16.4. The first-order valence-corrected chi connectivity index (χ1v) is 9.21. The summed E-state index contributed by atoms with van der Waals surface area (Å²) in [6.07, 6.45) is -1.20. The molecule has 0 fully saturated rings. The molecular formula is C18H26N2O5S. The van der Waals surface area contributed by atoms with Crippen molar-refractivity contribution >= 4 is 29.1 Å². The second kappa shape index (κ2) is 10.7. The number of carbonyl (C=O) groups excluding carboxylic acids is 3. The number of nitrogens with one attached hydrogen (secondary N) is 2. The smallest absolute Gasteiger partial charge is 0.407 e. The van der Waals surface area contributed by atoms with E-state index in [0.717, 1.165) is 17.3 Å². The summed E-state index contributed by atoms with van der Waals surface area (Å²) in [5.74, 6) is 0.311. The summed E-state index contributed by atoms with van der Waals surface area (Å²) in [5, 5.41) is 5.17. The fraction of sp³-hybridized carbons (Fsp3) is 0.500. The maximum absolute atomic E-state index is 12.0. The first-order chi connectivity index (χ1) is 12.2. The Kier molecular flexibility index (Phi) is 8.98. The predicted octanol–water partition coefficient (Wildman–Crippen LogP) is 3.09. The Morgan fingerprint density at radius 2 is 1.77 bits per heavy atom. The quantitative estimate of drug-likeness (QED) is 0.753. The molecule has 7 nitrogen and oxygen atoms in total. The molecule has 0 aliphatic carbocycles. The van der Waals surface area contributed by atoms with Gasteiger partial charge in [0.2, 0.25) is 0 Å². The first-order valence-electron chi connectivity index (χ1n) is 8.23. The maximum Gasteiger partial charge on any atom is 0.407 e. The lowest BCUT2D eigenvalue weighted by atomic mass is 10.2. The highest BCUT2D eigenvalue weighted by molar-refractivity contribution is 8.13. The molecule has 8 heteroatoms. The standard InChI is InChI=1S/C18H26N2O5S/c1-13(21)26-12-15(10-19-16(22)25-18(2,3)4)20-17(23)24-11-14-8-6-5-7-9-14/h5-9,15H,10-12H2,1-4H3,(H,19,22)(H,20,23). The Bertz CT molecular complexity index is 601. The number of rotatable bonds is 7. The number of ether oxygens (including phenoxy) is 2. The van der Waals surface area contributed by atoms with Crippen LogP contribution in [0.4, 0.5) is 9.59 Å². The minimum absolute atomic E-state index is 0.0771. The van der Waals surface area contributed by atoms with Gasteiger partial charge in [-0.2, -0.15) is 0 Å². The summed E-state index contributed by atoms with van der Waals surface area (Å²) in [5.41, 5.74) is 0.250. The number of carbonyl (C=O) groups is 3. The van der Waals surface area contributed by atoms with E-state index in [9.17, 15) is 14.4 Å². The monoisotopic (exact) mass is 382 g/mol. The van der Waals surface area contributed by atoms with Crippen molar-refractivity contribution in [3.63, 3.8) is 0 Å². The zero-order valence-electron chi connectivity index (χ0n) is 15.5. The second-order valence-corrected chi connectivity index (χ2v) is 7.79. The Morgan fingerprint density at radius 1 is 1.12 bits per heavy atom. The van der Waals surface area contributed by atoms with E-state index in [1.54, 1.807) is 20.8 Å². The van der Waals surface area contributed by atoms with E-state index in [1.807, 2.05) is 30.3 Å². The summed E-state index contributed by atoms with van der Waals surface area (Å²) in [4.78, 5) is 34.9. The van der Waals surface area contributed by atoms with E-state index in [0.29, 0.717) is 5.75 Å². The zero-order chi connectivity index (χ0) is 19.6. The van der Waals surface area contributed by atoms with Crippen LogP contribution in [-0.4, -0.2) is 41.2 Å². The first kappa shape index (κ1) is 21.8. The SMILES string of the molecule is CC(=O)SCC(CNC(=O)OC(C)(C)C)NC(=O)OCc1ccccc1. The van der Waals surface area contributed by atoms with E-state index in [1.165, 1.54) is 6.92 Å². The molecule has 2 N–H and O–H groups in total. The van der Waals surface area contributed by atoms with Gasteiger partial charge >= 0.3 is 12.2 Å². The number of hydrogen-bond donors (Lipinski definition) is 2. The average Bonchev–Trinajstić information content (AvgIpc) is 2.54. The van der Waals surface area contributed by atoms with Crippen molar-refractivity contribution in [3.05, 3.63) is 35.9 Å². The van der Waals surface area contributed by atoms with Crippen LogP contribution in [0.1, 0.15) is 33.3 Å². The molecule has 26 heavy (non-hydrogen) atoms. The Hall–Kier alpha value is -2.22. The van der Waals surface area contributed by atoms with Crippen LogP contribution in [0.2, 0.25) is 0 Å². The van der Waals surface area contributed by atoms with Crippen molar-refractivity contribution in [1.29, 1.82) is 0 Å². The average molecular weight is 382 g/mol. The summed E-state index contributed by atoms with van der Waals surface area (Å²) in [6.45, 7) is 6.98. The van der Waals surface area contributed by atoms with Gasteiger partial charge in [0.25, 0.3) is 0 Å². The van der Waals surface area contributed by atoms with E-state index in [2.05, 4.69) is 10.6 Å². The summed E-state index contributed by atoms with van der Waals surface area (Å²) < 4.78 is 10.3. The fourth-order valence-corrected chi connectivity index (χ4v) is 2.46. The Labute approximate surface area is 158 Å². The van der Waals surface area contributed by atoms with Gasteiger partial charge in [0.05, 0.1) is 6.04 Å². The van der Waals surface area contributed by atoms with Crippen molar-refractivity contribution in [2.45, 2.75) is 45.9 Å². The van der Waals surface area contributed by atoms with Gasteiger partial charge in [0, 0.05) is 19.2 Å². The highest BCUT2D eigenvalue weighted by Crippen LogP contribution is 2.08. The third-order valence-corrected chi connectivity index (χ3v) is 3.89. The molecule has 0 bridgehead atoms. The molecule has 0 radical (unpaired) electrons. The van der Waals surface area contributed by atoms with E-state index >= 15 is 0 Å². The van der Waals surface area contributed by atoms with Gasteiger partial charge in [-0.05, 0) is 26.3 Å². The minimum atomic E-state index is -0.617. The minimum Gasteiger partial charge on any atom is -0.445 e. The number of thioether (sulfide) groups is 1. The van der Waals surface area contributed by atoms with Crippen LogP contribution >= 0.6 is 11.8 Å². The molecule has 1 aromatic carbocycles. The van der Waals surface area contributed by atoms with E-state index < -0.39 is 23.8 Å². The third kappa shape index (κ3) is 10.6. The van der Waals surface area contributed by atoms with Gasteiger partial charge in [-0.1, -0.05) is 42.1 Å². The molecule has 2 amide bonds. The molecule has 1 aromatic rings. The molecule has 0 aliphatic heterocycles. The second-order valence-electron chi connectivity index (χ2n) is 6.59. The number of amides is 2. The molecule has 1 rings (SSSR count). The molecule has 0 spiro atoms. The van der Waals surface area contributed by atoms with Gasteiger partial charge in [0.1, 0.15) is 12.2 Å². The summed E-state index contributed by atoms with van der Waals surface area (Å²) >= 11 is 1.06. The van der Waals surface area contributed by atoms with Crippen LogP contribution in [0.5, 0.6) is 0 Å². The van der Waals surface area contributed by atoms with Crippen LogP contribution in [0, 0.1) is 0 Å². The van der Waals surface area contributed by atoms with Crippen LogP contribution in [-0.2, 0) is 20.9 Å². The van der Waals surface area contributed by atoms with Crippen LogP contribution in [0.25, 0.3) is 0 Å². The van der Waals surface area contributed by atoms with Crippen LogP contribution in [0.3, 0.4) is 0 Å². The molecule has 144 valence electrons. The van der Waals surface area contributed by atoms with Gasteiger partial charge in [0.15, 0.2) is 5.12 Å². The number of alkyl carbamates (subject to hydrolysis) is 2. The van der Waals surface area contributed by atoms with Crippen molar-refractivity contribution in [1.82, 2.24) is 10.6 Å². The van der Waals surface area contributed by atoms with Gasteiger partial charge in [-0.25, -0.2) is 9.59 Å². The highest BCUT2D eigenvalue weighted by Gasteiger charge is 2.19. The molecule has 0 saturated carbocycles. The van der Waals surface area contributed by atoms with Crippen molar-refractivity contribution in [2.75, 3.05) is 12.3 Å². The Balaban J connectivity index is 2.49. The lowest BCUT2D eigenvalue weighted by Gasteiger charge is -2.22. The van der Waals surface area contributed by atoms with Crippen LogP contribution < -0.4 is 10.6 Å². The highest BCUT2D eigenvalue weighted by atomic mass is 32.2. The number of hydrogen-bond acceptors (Lipinski definition) is 6. The van der Waals surface area contributed by atoms with Gasteiger partial charge < -0.3 is 20.1 Å². The lowest BCUT2D eigenvalue weighted by molar-refractivity contribution is -0.109. The molecule has 0 heterocycles.